The fourth-order valence-corrected chi connectivity index (χ4v) is 3.34. The predicted octanol–water partition coefficient (Wildman–Crippen LogP) is 2.61. The van der Waals surface area contributed by atoms with Gasteiger partial charge in [-0.3, -0.25) is 9.59 Å². The minimum atomic E-state index is -0.879. The fourth-order valence-electron chi connectivity index (χ4n) is 3.07. The number of carboxylic acids is 1. The van der Waals surface area contributed by atoms with E-state index in [2.05, 4.69) is 21.1 Å². The molecule has 126 valence electrons. The lowest BCUT2D eigenvalue weighted by atomic mass is 9.89. The number of hydrogen-bond donors (Lipinski definition) is 1. The molecule has 0 spiro atoms. The molecule has 7 heteroatoms. The Morgan fingerprint density at radius 1 is 1.33 bits per heavy atom. The van der Waals surface area contributed by atoms with Gasteiger partial charge in [0.15, 0.2) is 0 Å². The number of likely N-dealkylation sites (tertiary alicyclic amines) is 1. The highest BCUT2D eigenvalue weighted by atomic mass is 79.9. The summed E-state index contributed by atoms with van der Waals surface area (Å²) < 4.78 is 5.91. The summed E-state index contributed by atoms with van der Waals surface area (Å²) in [7, 11) is 0. The van der Waals surface area contributed by atoms with Crippen molar-refractivity contribution in [3.63, 3.8) is 0 Å². The molecule has 1 aromatic carbocycles. The molecule has 0 radical (unpaired) electrons. The maximum absolute atomic E-state index is 12.5. The van der Waals surface area contributed by atoms with Gasteiger partial charge >= 0.3 is 5.97 Å². The van der Waals surface area contributed by atoms with Gasteiger partial charge < -0.3 is 14.5 Å². The van der Waals surface area contributed by atoms with Crippen LogP contribution < -0.4 is 0 Å². The zero-order chi connectivity index (χ0) is 17.3. The van der Waals surface area contributed by atoms with E-state index in [1.54, 1.807) is 17.9 Å². The number of carbonyl (C=O) groups excluding carboxylic acids is 1. The van der Waals surface area contributed by atoms with Crippen molar-refractivity contribution in [2.75, 3.05) is 13.1 Å². The van der Waals surface area contributed by atoms with E-state index in [1.807, 2.05) is 24.3 Å². The highest BCUT2D eigenvalue weighted by Gasteiger charge is 2.40. The van der Waals surface area contributed by atoms with Gasteiger partial charge in [0.05, 0.1) is 18.0 Å². The number of aryl methyl sites for hydroxylation is 1. The molecule has 2 aromatic rings. The van der Waals surface area contributed by atoms with Crippen LogP contribution in [0.1, 0.15) is 22.9 Å². The second-order valence-electron chi connectivity index (χ2n) is 6.01. The minimum absolute atomic E-state index is 0.122. The SMILES string of the molecule is Cc1cc(CC(=O)N2C[C@H](C(=O)O)[C@@H](c3ccc(Br)cc3)C2)no1. The molecule has 3 rings (SSSR count). The summed E-state index contributed by atoms with van der Waals surface area (Å²) in [6.07, 6.45) is 0.122. The molecule has 1 saturated heterocycles. The second kappa shape index (κ2) is 6.76. The zero-order valence-corrected chi connectivity index (χ0v) is 14.7. The summed E-state index contributed by atoms with van der Waals surface area (Å²) in [6.45, 7) is 2.38. The molecule has 2 atom stereocenters. The number of aliphatic carboxylic acids is 1. The zero-order valence-electron chi connectivity index (χ0n) is 13.1. The van der Waals surface area contributed by atoms with Gasteiger partial charge in [0.2, 0.25) is 5.91 Å². The lowest BCUT2D eigenvalue weighted by molar-refractivity contribution is -0.141. The second-order valence-corrected chi connectivity index (χ2v) is 6.92. The third kappa shape index (κ3) is 3.51. The van der Waals surface area contributed by atoms with Gasteiger partial charge in [-0.15, -0.1) is 0 Å². The van der Waals surface area contributed by atoms with Gasteiger partial charge in [-0.05, 0) is 24.6 Å². The van der Waals surface area contributed by atoms with Crippen molar-refractivity contribution in [2.45, 2.75) is 19.3 Å². The molecule has 1 aliphatic heterocycles. The standard InChI is InChI=1S/C17H17BrN2O4/c1-10-6-13(19-24-10)7-16(21)20-8-14(15(9-20)17(22)23)11-2-4-12(18)5-3-11/h2-6,14-15H,7-9H2,1H3,(H,22,23)/t14-,15+/m1/s1. The van der Waals surface area contributed by atoms with Crippen LogP contribution >= 0.6 is 15.9 Å². The molecule has 2 heterocycles. The number of carbonyl (C=O) groups is 2. The first kappa shape index (κ1) is 16.7. The van der Waals surface area contributed by atoms with E-state index < -0.39 is 11.9 Å². The number of halogens is 1. The van der Waals surface area contributed by atoms with E-state index in [4.69, 9.17) is 4.52 Å². The molecule has 6 nitrogen and oxygen atoms in total. The average molecular weight is 393 g/mol. The number of aromatic nitrogens is 1. The molecule has 0 saturated carbocycles. The largest absolute Gasteiger partial charge is 0.481 e. The summed E-state index contributed by atoms with van der Waals surface area (Å²) in [5.74, 6) is -1.17. The quantitative estimate of drug-likeness (QED) is 0.864. The van der Waals surface area contributed by atoms with Crippen molar-refractivity contribution < 1.29 is 19.2 Å². The smallest absolute Gasteiger partial charge is 0.308 e. The number of hydrogen-bond acceptors (Lipinski definition) is 4. The number of rotatable bonds is 4. The number of amides is 1. The molecule has 1 N–H and O–H groups in total. The highest BCUT2D eigenvalue weighted by Crippen LogP contribution is 2.33. The summed E-state index contributed by atoms with van der Waals surface area (Å²) in [5, 5.41) is 13.3. The van der Waals surface area contributed by atoms with Crippen LogP contribution in [0.3, 0.4) is 0 Å². The molecular formula is C17H17BrN2O4. The Morgan fingerprint density at radius 2 is 2.04 bits per heavy atom. The Balaban J connectivity index is 1.75. The van der Waals surface area contributed by atoms with Crippen molar-refractivity contribution in [3.05, 3.63) is 51.8 Å². The number of nitrogens with zero attached hydrogens (tertiary/aromatic N) is 2. The van der Waals surface area contributed by atoms with Crippen molar-refractivity contribution in [3.8, 4) is 0 Å². The Bertz CT molecular complexity index is 756. The first-order valence-electron chi connectivity index (χ1n) is 7.62. The molecule has 1 amide bonds. The van der Waals surface area contributed by atoms with Gasteiger partial charge in [0.1, 0.15) is 5.76 Å². The molecule has 24 heavy (non-hydrogen) atoms. The van der Waals surface area contributed by atoms with Crippen molar-refractivity contribution >= 4 is 27.8 Å². The first-order valence-corrected chi connectivity index (χ1v) is 8.41. The van der Waals surface area contributed by atoms with Crippen molar-refractivity contribution in [1.29, 1.82) is 0 Å². The van der Waals surface area contributed by atoms with Crippen LogP contribution in [0.15, 0.2) is 39.3 Å². The van der Waals surface area contributed by atoms with Crippen LogP contribution in [0.25, 0.3) is 0 Å². The third-order valence-electron chi connectivity index (χ3n) is 4.30. The first-order chi connectivity index (χ1) is 11.4. The molecule has 1 aliphatic rings. The molecule has 1 aromatic heterocycles. The fraction of sp³-hybridized carbons (Fsp3) is 0.353. The molecule has 0 unspecified atom stereocenters. The number of carboxylic acid groups (broad SMARTS) is 1. The summed E-state index contributed by atoms with van der Waals surface area (Å²) in [6, 6.07) is 9.29. The lowest BCUT2D eigenvalue weighted by Gasteiger charge is -2.16. The van der Waals surface area contributed by atoms with Crippen LogP contribution in [-0.2, 0) is 16.0 Å². The highest BCUT2D eigenvalue weighted by molar-refractivity contribution is 9.10. The minimum Gasteiger partial charge on any atom is -0.481 e. The maximum atomic E-state index is 12.5. The van der Waals surface area contributed by atoms with Crippen molar-refractivity contribution in [1.82, 2.24) is 10.1 Å². The Morgan fingerprint density at radius 3 is 2.62 bits per heavy atom. The van der Waals surface area contributed by atoms with Gasteiger partial charge in [0.25, 0.3) is 0 Å². The van der Waals surface area contributed by atoms with Gasteiger partial charge in [-0.1, -0.05) is 33.2 Å². The summed E-state index contributed by atoms with van der Waals surface area (Å²) >= 11 is 3.38. The number of benzene rings is 1. The maximum Gasteiger partial charge on any atom is 0.308 e. The van der Waals surface area contributed by atoms with Gasteiger partial charge in [0, 0.05) is 29.5 Å². The molecular weight excluding hydrogens is 376 g/mol. The van der Waals surface area contributed by atoms with Crippen LogP contribution in [-0.4, -0.2) is 40.1 Å². The predicted molar refractivity (Wildman–Crippen MR) is 89.5 cm³/mol. The van der Waals surface area contributed by atoms with E-state index in [0.29, 0.717) is 18.0 Å². The average Bonchev–Trinajstić information content (AvgIpc) is 3.15. The molecule has 0 aliphatic carbocycles. The van der Waals surface area contributed by atoms with E-state index in [-0.39, 0.29) is 24.8 Å². The Hall–Kier alpha value is -2.15. The third-order valence-corrected chi connectivity index (χ3v) is 4.83. The van der Waals surface area contributed by atoms with Gasteiger partial charge in [-0.25, -0.2) is 0 Å². The molecule has 1 fully saturated rings. The van der Waals surface area contributed by atoms with Crippen LogP contribution in [0.2, 0.25) is 0 Å². The topological polar surface area (TPSA) is 83.6 Å². The van der Waals surface area contributed by atoms with Gasteiger partial charge in [-0.2, -0.15) is 0 Å². The Kier molecular flexibility index (Phi) is 4.71. The monoisotopic (exact) mass is 392 g/mol. The van der Waals surface area contributed by atoms with E-state index >= 15 is 0 Å². The normalized spacial score (nSPS) is 20.3. The van der Waals surface area contributed by atoms with E-state index in [1.165, 1.54) is 0 Å². The summed E-state index contributed by atoms with van der Waals surface area (Å²) in [4.78, 5) is 25.7. The van der Waals surface area contributed by atoms with Crippen LogP contribution in [0.4, 0.5) is 0 Å². The van der Waals surface area contributed by atoms with Crippen LogP contribution in [0.5, 0.6) is 0 Å². The van der Waals surface area contributed by atoms with E-state index in [0.717, 1.165) is 10.0 Å². The Labute approximate surface area is 147 Å². The summed E-state index contributed by atoms with van der Waals surface area (Å²) in [5.41, 5.74) is 1.50. The lowest BCUT2D eigenvalue weighted by Crippen LogP contribution is -2.31. The molecule has 0 bridgehead atoms. The van der Waals surface area contributed by atoms with E-state index in [9.17, 15) is 14.7 Å². The van der Waals surface area contributed by atoms with Crippen LogP contribution in [0, 0.1) is 12.8 Å². The van der Waals surface area contributed by atoms with Crippen molar-refractivity contribution in [2.24, 2.45) is 5.92 Å².